The predicted octanol–water partition coefficient (Wildman–Crippen LogP) is 2.46. The van der Waals surface area contributed by atoms with Crippen LogP contribution in [0.3, 0.4) is 0 Å². The summed E-state index contributed by atoms with van der Waals surface area (Å²) < 4.78 is 24.2. The van der Waals surface area contributed by atoms with Crippen molar-refractivity contribution in [2.24, 2.45) is 0 Å². The number of para-hydroxylation sites is 1. The molecule has 5 nitrogen and oxygen atoms in total. The van der Waals surface area contributed by atoms with Gasteiger partial charge in [0.15, 0.2) is 0 Å². The number of benzene rings is 2. The van der Waals surface area contributed by atoms with Gasteiger partial charge in [-0.15, -0.1) is 0 Å². The fourth-order valence-electron chi connectivity index (χ4n) is 2.82. The molecule has 6 heteroatoms. The number of fused-ring (bicyclic) bond motifs is 1. The maximum Gasteiger partial charge on any atom is 0.264 e. The maximum absolute atomic E-state index is 11.8. The minimum Gasteiger partial charge on any atom is -0.341 e. The summed E-state index contributed by atoms with van der Waals surface area (Å²) in [5.74, 6) is -0.613. The summed E-state index contributed by atoms with van der Waals surface area (Å²) >= 11 is 0. The van der Waals surface area contributed by atoms with Crippen LogP contribution in [0.25, 0.3) is 0 Å². The van der Waals surface area contributed by atoms with Crippen molar-refractivity contribution in [2.75, 3.05) is 17.7 Å². The molecular weight excluding hydrogens is 312 g/mol. The van der Waals surface area contributed by atoms with E-state index in [-0.39, 0.29) is 0 Å². The highest BCUT2D eigenvalue weighted by Crippen LogP contribution is 2.33. The third-order valence-corrected chi connectivity index (χ3v) is 4.39. The molecule has 2 aromatic carbocycles. The highest BCUT2D eigenvalue weighted by Gasteiger charge is 2.18. The normalized spacial score (nSPS) is 14.2. The lowest BCUT2D eigenvalue weighted by atomic mass is 10.0. The van der Waals surface area contributed by atoms with Crippen molar-refractivity contribution in [1.82, 2.24) is 4.72 Å². The molecule has 2 aromatic rings. The van der Waals surface area contributed by atoms with Crippen LogP contribution in [0.1, 0.15) is 22.3 Å². The van der Waals surface area contributed by atoms with Crippen LogP contribution >= 0.6 is 0 Å². The van der Waals surface area contributed by atoms with Crippen molar-refractivity contribution in [2.45, 2.75) is 12.8 Å². The lowest BCUT2D eigenvalue weighted by molar-refractivity contribution is 0.0981. The quantitative estimate of drug-likeness (QED) is 0.939. The summed E-state index contributed by atoms with van der Waals surface area (Å²) in [5.41, 5.74) is 3.82. The van der Waals surface area contributed by atoms with Crippen LogP contribution < -0.4 is 9.62 Å². The first-order valence-corrected chi connectivity index (χ1v) is 9.31. The number of aryl methyl sites for hydroxylation is 1. The van der Waals surface area contributed by atoms with Crippen molar-refractivity contribution in [3.8, 4) is 0 Å². The lowest BCUT2D eigenvalue weighted by Crippen LogP contribution is -2.29. The van der Waals surface area contributed by atoms with E-state index in [1.165, 1.54) is 11.3 Å². The molecule has 1 aliphatic heterocycles. The van der Waals surface area contributed by atoms with E-state index in [1.54, 1.807) is 12.1 Å². The molecule has 120 valence electrons. The Morgan fingerprint density at radius 1 is 1.09 bits per heavy atom. The van der Waals surface area contributed by atoms with Gasteiger partial charge in [-0.05, 0) is 48.7 Å². The molecule has 1 amide bonds. The Kier molecular flexibility index (Phi) is 4.09. The van der Waals surface area contributed by atoms with E-state index in [9.17, 15) is 13.2 Å². The number of nitrogens with one attached hydrogen (secondary N) is 1. The van der Waals surface area contributed by atoms with Gasteiger partial charge in [-0.2, -0.15) is 0 Å². The summed E-state index contributed by atoms with van der Waals surface area (Å²) in [6, 6.07) is 15.3. The summed E-state index contributed by atoms with van der Waals surface area (Å²) in [7, 11) is -3.55. The van der Waals surface area contributed by atoms with Crippen LogP contribution in [0.4, 0.5) is 11.4 Å². The fraction of sp³-hybridized carbons (Fsp3) is 0.235. The minimum absolute atomic E-state index is 0.324. The summed E-state index contributed by atoms with van der Waals surface area (Å²) in [4.78, 5) is 14.1. The average molecular weight is 330 g/mol. The molecule has 0 saturated heterocycles. The van der Waals surface area contributed by atoms with E-state index < -0.39 is 15.9 Å². The minimum atomic E-state index is -3.55. The van der Waals surface area contributed by atoms with Gasteiger partial charge in [-0.1, -0.05) is 18.2 Å². The number of carbonyl (C=O) groups is 1. The zero-order valence-corrected chi connectivity index (χ0v) is 13.6. The molecule has 1 N–H and O–H groups in total. The average Bonchev–Trinajstić information content (AvgIpc) is 2.53. The zero-order chi connectivity index (χ0) is 16.4. The standard InChI is InChI=1S/C17H18N2O3S/c1-23(21,22)18-17(20)14-8-10-15(11-9-14)19-12-4-6-13-5-2-3-7-16(13)19/h2-3,5,7-11H,4,6,12H2,1H3,(H,18,20). The van der Waals surface area contributed by atoms with Gasteiger partial charge in [0.25, 0.3) is 5.91 Å². The fourth-order valence-corrected chi connectivity index (χ4v) is 3.28. The van der Waals surface area contributed by atoms with Gasteiger partial charge >= 0.3 is 0 Å². The second kappa shape index (κ2) is 6.04. The number of hydrogen-bond donors (Lipinski definition) is 1. The molecule has 0 bridgehead atoms. The molecule has 0 spiro atoms. The number of sulfonamides is 1. The SMILES string of the molecule is CS(=O)(=O)NC(=O)c1ccc(N2CCCc3ccccc32)cc1. The molecule has 0 aliphatic carbocycles. The Bertz CT molecular complexity index is 829. The molecule has 0 unspecified atom stereocenters. The van der Waals surface area contributed by atoms with Gasteiger partial charge in [-0.3, -0.25) is 4.79 Å². The second-order valence-corrected chi connectivity index (χ2v) is 7.38. The second-order valence-electron chi connectivity index (χ2n) is 5.63. The Balaban J connectivity index is 1.85. The van der Waals surface area contributed by atoms with Crippen LogP contribution in [-0.2, 0) is 16.4 Å². The van der Waals surface area contributed by atoms with E-state index in [0.29, 0.717) is 5.56 Å². The topological polar surface area (TPSA) is 66.5 Å². The molecule has 0 aromatic heterocycles. The first kappa shape index (κ1) is 15.6. The van der Waals surface area contributed by atoms with Crippen molar-refractivity contribution >= 4 is 27.3 Å². The number of nitrogens with zero attached hydrogens (tertiary/aromatic N) is 1. The van der Waals surface area contributed by atoms with E-state index in [2.05, 4.69) is 17.0 Å². The van der Waals surface area contributed by atoms with Crippen molar-refractivity contribution in [1.29, 1.82) is 0 Å². The molecule has 0 saturated carbocycles. The van der Waals surface area contributed by atoms with Gasteiger partial charge < -0.3 is 4.90 Å². The van der Waals surface area contributed by atoms with E-state index in [4.69, 9.17) is 0 Å². The Labute approximate surface area is 136 Å². The third kappa shape index (κ3) is 3.53. The third-order valence-electron chi connectivity index (χ3n) is 3.83. The molecule has 23 heavy (non-hydrogen) atoms. The van der Waals surface area contributed by atoms with Gasteiger partial charge in [0.1, 0.15) is 0 Å². The van der Waals surface area contributed by atoms with E-state index in [0.717, 1.165) is 31.3 Å². The lowest BCUT2D eigenvalue weighted by Gasteiger charge is -2.31. The number of rotatable bonds is 3. The summed E-state index contributed by atoms with van der Waals surface area (Å²) in [5, 5.41) is 0. The van der Waals surface area contributed by atoms with Gasteiger partial charge in [-0.25, -0.2) is 13.1 Å². The summed E-state index contributed by atoms with van der Waals surface area (Å²) in [6.45, 7) is 0.923. The van der Waals surface area contributed by atoms with Crippen LogP contribution in [0, 0.1) is 0 Å². The van der Waals surface area contributed by atoms with Gasteiger partial charge in [0.2, 0.25) is 10.0 Å². The molecule has 1 heterocycles. The van der Waals surface area contributed by atoms with Crippen molar-refractivity contribution in [3.63, 3.8) is 0 Å². The smallest absolute Gasteiger partial charge is 0.264 e. The highest BCUT2D eigenvalue weighted by atomic mass is 32.2. The maximum atomic E-state index is 11.8. The largest absolute Gasteiger partial charge is 0.341 e. The van der Waals surface area contributed by atoms with Crippen LogP contribution in [0.2, 0.25) is 0 Å². The van der Waals surface area contributed by atoms with Crippen molar-refractivity contribution < 1.29 is 13.2 Å². The van der Waals surface area contributed by atoms with Gasteiger partial charge in [0.05, 0.1) is 6.26 Å². The predicted molar refractivity (Wildman–Crippen MR) is 90.5 cm³/mol. The molecule has 1 aliphatic rings. The molecule has 0 atom stereocenters. The van der Waals surface area contributed by atoms with Crippen LogP contribution in [-0.4, -0.2) is 27.1 Å². The Hall–Kier alpha value is -2.34. The summed E-state index contributed by atoms with van der Waals surface area (Å²) in [6.07, 6.45) is 3.11. The monoisotopic (exact) mass is 330 g/mol. The molecular formula is C17H18N2O3S. The number of anilines is 2. The van der Waals surface area contributed by atoms with E-state index >= 15 is 0 Å². The first-order chi connectivity index (χ1) is 10.9. The molecule has 3 rings (SSSR count). The van der Waals surface area contributed by atoms with Crippen LogP contribution in [0.5, 0.6) is 0 Å². The molecule has 0 fully saturated rings. The first-order valence-electron chi connectivity index (χ1n) is 7.42. The van der Waals surface area contributed by atoms with Crippen LogP contribution in [0.15, 0.2) is 48.5 Å². The van der Waals surface area contributed by atoms with Gasteiger partial charge in [0, 0.05) is 23.5 Å². The van der Waals surface area contributed by atoms with E-state index in [1.807, 2.05) is 29.0 Å². The Morgan fingerprint density at radius 3 is 2.48 bits per heavy atom. The number of hydrogen-bond acceptors (Lipinski definition) is 4. The zero-order valence-electron chi connectivity index (χ0n) is 12.8. The Morgan fingerprint density at radius 2 is 1.78 bits per heavy atom. The van der Waals surface area contributed by atoms with Crippen molar-refractivity contribution in [3.05, 3.63) is 59.7 Å². The number of amides is 1. The molecule has 0 radical (unpaired) electrons. The highest BCUT2D eigenvalue weighted by molar-refractivity contribution is 7.89. The number of carbonyl (C=O) groups excluding carboxylic acids is 1.